The predicted octanol–water partition coefficient (Wildman–Crippen LogP) is -0.337. The molecule has 11 nitrogen and oxygen atoms in total. The van der Waals surface area contributed by atoms with Gasteiger partial charge in [-0.05, 0) is 18.2 Å². The number of rotatable bonds is 4. The van der Waals surface area contributed by atoms with E-state index in [1.165, 1.54) is 30.3 Å². The molecule has 32 heavy (non-hydrogen) atoms. The zero-order chi connectivity index (χ0) is 23.2. The molecule has 172 valence electrons. The van der Waals surface area contributed by atoms with Gasteiger partial charge >= 0.3 is 0 Å². The van der Waals surface area contributed by atoms with Crippen molar-refractivity contribution in [3.8, 4) is 28.7 Å². The molecule has 11 heteroatoms. The van der Waals surface area contributed by atoms with Crippen molar-refractivity contribution >= 4 is 6.08 Å². The van der Waals surface area contributed by atoms with E-state index in [1.807, 2.05) is 0 Å². The lowest BCUT2D eigenvalue weighted by Gasteiger charge is -2.40. The molecule has 6 atom stereocenters. The highest BCUT2D eigenvalue weighted by Crippen LogP contribution is 2.46. The zero-order valence-corrected chi connectivity index (χ0v) is 16.5. The first-order chi connectivity index (χ1) is 15.2. The molecule has 4 rings (SSSR count). The molecule has 1 fully saturated rings. The number of benzene rings is 2. The normalized spacial score (nSPS) is 29.6. The number of fused-ring (bicyclic) bond motifs is 1. The monoisotopic (exact) mass is 451 g/mol. The van der Waals surface area contributed by atoms with Crippen molar-refractivity contribution < 1.29 is 55.1 Å². The van der Waals surface area contributed by atoms with E-state index in [-0.39, 0.29) is 34.3 Å². The number of aromatic hydroxyl groups is 5. The molecule has 0 amide bonds. The molecule has 2 aliphatic rings. The first-order valence-corrected chi connectivity index (χ1v) is 9.67. The number of phenolic OH excluding ortho intramolecular Hbond substituents is 4. The van der Waals surface area contributed by atoms with Gasteiger partial charge in [0, 0.05) is 12.1 Å². The molecule has 2 unspecified atom stereocenters. The highest BCUT2D eigenvalue weighted by Gasteiger charge is 2.46. The highest BCUT2D eigenvalue weighted by molar-refractivity contribution is 5.69. The lowest BCUT2D eigenvalue weighted by Crippen LogP contribution is -2.59. The molecule has 2 aromatic rings. The SMILES string of the molecule is OC[C@H]1OC(OC2=Cc3c(O)cc(O)cc3[OH+]C2c2ccc(O)c(O)c2)[C@H](O)[C@@H](O)[C@H]1O. The van der Waals surface area contributed by atoms with E-state index in [4.69, 9.17) is 9.47 Å². The van der Waals surface area contributed by atoms with Gasteiger partial charge in [0.2, 0.25) is 6.29 Å². The van der Waals surface area contributed by atoms with E-state index in [9.17, 15) is 40.9 Å². The summed E-state index contributed by atoms with van der Waals surface area (Å²) in [7, 11) is 0. The molecule has 0 aromatic heterocycles. The van der Waals surface area contributed by atoms with Crippen LogP contribution in [0.25, 0.3) is 6.08 Å². The second-order valence-electron chi connectivity index (χ2n) is 7.54. The maximum absolute atomic E-state index is 10.3. The molecule has 0 aliphatic carbocycles. The highest BCUT2D eigenvalue weighted by atomic mass is 16.7. The third-order valence-electron chi connectivity index (χ3n) is 5.36. The Balaban J connectivity index is 1.74. The molecule has 9 N–H and O–H groups in total. The van der Waals surface area contributed by atoms with Crippen molar-refractivity contribution in [1.29, 1.82) is 0 Å². The summed E-state index contributed by atoms with van der Waals surface area (Å²) in [6.45, 7) is -0.646. The standard InChI is InChI=1S/C21H22O11/c22-7-16-17(27)18(28)19(29)21(32-16)31-15-6-10-12(25)4-9(23)5-14(10)30-20(15)8-1-2-11(24)13(26)3-8/h1-6,16-29H,7H2/p+1/t16-,17+,18+,19-,20?,21?/m1/s1. The summed E-state index contributed by atoms with van der Waals surface area (Å²) in [5.74, 6) is -1.08. The lowest BCUT2D eigenvalue weighted by molar-refractivity contribution is -0.295. The van der Waals surface area contributed by atoms with Crippen LogP contribution in [0.4, 0.5) is 0 Å². The smallest absolute Gasteiger partial charge is 0.270 e. The van der Waals surface area contributed by atoms with Gasteiger partial charge in [-0.25, -0.2) is 0 Å². The second kappa shape index (κ2) is 8.37. The summed E-state index contributed by atoms with van der Waals surface area (Å²) in [6, 6.07) is 6.34. The predicted molar refractivity (Wildman–Crippen MR) is 107 cm³/mol. The minimum absolute atomic E-state index is 0.0212. The van der Waals surface area contributed by atoms with Crippen molar-refractivity contribution in [2.24, 2.45) is 0 Å². The van der Waals surface area contributed by atoms with E-state index in [2.05, 4.69) is 4.74 Å². The third-order valence-corrected chi connectivity index (χ3v) is 5.36. The Morgan fingerprint density at radius 2 is 1.62 bits per heavy atom. The molecule has 2 heterocycles. The fraction of sp³-hybridized carbons (Fsp3) is 0.333. The van der Waals surface area contributed by atoms with E-state index >= 15 is 0 Å². The van der Waals surface area contributed by atoms with E-state index in [1.54, 1.807) is 0 Å². The zero-order valence-electron chi connectivity index (χ0n) is 16.5. The largest absolute Gasteiger partial charge is 0.571 e. The summed E-state index contributed by atoms with van der Waals surface area (Å²) in [5, 5.41) is 79.3. The van der Waals surface area contributed by atoms with Crippen molar-refractivity contribution in [3.05, 3.63) is 47.2 Å². The van der Waals surface area contributed by atoms with Crippen LogP contribution in [0.15, 0.2) is 36.1 Å². The van der Waals surface area contributed by atoms with Gasteiger partial charge in [-0.3, -0.25) is 0 Å². The van der Waals surface area contributed by atoms with Crippen LogP contribution in [0, 0.1) is 0 Å². The van der Waals surface area contributed by atoms with Crippen LogP contribution >= 0.6 is 0 Å². The number of phenols is 4. The molecule has 2 aliphatic heterocycles. The van der Waals surface area contributed by atoms with Gasteiger partial charge in [0.25, 0.3) is 11.9 Å². The fourth-order valence-corrected chi connectivity index (χ4v) is 3.63. The van der Waals surface area contributed by atoms with Crippen molar-refractivity contribution in [1.82, 2.24) is 0 Å². The third kappa shape index (κ3) is 3.87. The molecule has 1 saturated heterocycles. The van der Waals surface area contributed by atoms with Gasteiger partial charge in [-0.2, -0.15) is 0 Å². The minimum atomic E-state index is -1.68. The quantitative estimate of drug-likeness (QED) is 0.225. The van der Waals surface area contributed by atoms with E-state index in [0.717, 1.165) is 6.07 Å². The number of hydrogen-bond donors (Lipinski definition) is 8. The van der Waals surface area contributed by atoms with Gasteiger partial charge < -0.3 is 55.1 Å². The lowest BCUT2D eigenvalue weighted by atomic mass is 9.98. The van der Waals surface area contributed by atoms with Gasteiger partial charge in [-0.15, -0.1) is 0 Å². The molecule has 0 saturated carbocycles. The van der Waals surface area contributed by atoms with Crippen LogP contribution in [-0.2, 0) is 9.47 Å². The first kappa shape index (κ1) is 22.0. The van der Waals surface area contributed by atoms with Crippen LogP contribution < -0.4 is 0 Å². The van der Waals surface area contributed by atoms with Crippen LogP contribution in [0.3, 0.4) is 0 Å². The van der Waals surface area contributed by atoms with Crippen molar-refractivity contribution in [3.63, 3.8) is 0 Å². The molecular formula is C21H23O11+. The van der Waals surface area contributed by atoms with Crippen LogP contribution in [0.2, 0.25) is 0 Å². The minimum Gasteiger partial charge on any atom is -0.571 e. The first-order valence-electron chi connectivity index (χ1n) is 9.67. The molecule has 0 spiro atoms. The average molecular weight is 451 g/mol. The average Bonchev–Trinajstić information content (AvgIpc) is 2.76. The van der Waals surface area contributed by atoms with Crippen molar-refractivity contribution in [2.75, 3.05) is 6.61 Å². The molecular weight excluding hydrogens is 428 g/mol. The summed E-state index contributed by atoms with van der Waals surface area (Å²) < 4.78 is 15.6. The topological polar surface area (TPSA) is 193 Å². The Morgan fingerprint density at radius 1 is 0.875 bits per heavy atom. The summed E-state index contributed by atoms with van der Waals surface area (Å²) in [4.78, 5) is 0. The summed E-state index contributed by atoms with van der Waals surface area (Å²) in [6.07, 6.45) is -7.22. The number of aliphatic hydroxyl groups excluding tert-OH is 4. The van der Waals surface area contributed by atoms with Crippen molar-refractivity contribution in [2.45, 2.75) is 36.8 Å². The van der Waals surface area contributed by atoms with E-state index in [0.29, 0.717) is 5.56 Å². The molecule has 0 radical (unpaired) electrons. The van der Waals surface area contributed by atoms with Crippen LogP contribution in [0.1, 0.15) is 17.2 Å². The van der Waals surface area contributed by atoms with Crippen LogP contribution in [-0.4, -0.2) is 82.9 Å². The van der Waals surface area contributed by atoms with Gasteiger partial charge in [-0.1, -0.05) is 0 Å². The number of hydrogen-bond acceptors (Lipinski definition) is 10. The van der Waals surface area contributed by atoms with Gasteiger partial charge in [0.05, 0.1) is 18.2 Å². The van der Waals surface area contributed by atoms with Crippen LogP contribution in [0.5, 0.6) is 28.7 Å². The summed E-state index contributed by atoms with van der Waals surface area (Å²) >= 11 is 0. The Hall–Kier alpha value is -3.22. The Morgan fingerprint density at radius 3 is 2.31 bits per heavy atom. The van der Waals surface area contributed by atoms with Gasteiger partial charge in [0.1, 0.15) is 41.5 Å². The Labute approximate surface area is 181 Å². The summed E-state index contributed by atoms with van der Waals surface area (Å²) in [5.41, 5.74) is 0.547. The Kier molecular flexibility index (Phi) is 5.75. The number of ether oxygens (including phenoxy) is 3. The maximum Gasteiger partial charge on any atom is 0.270 e. The second-order valence-corrected chi connectivity index (χ2v) is 7.54. The Bertz CT molecular complexity index is 1030. The molecule has 2 aromatic carbocycles. The fourth-order valence-electron chi connectivity index (χ4n) is 3.63. The van der Waals surface area contributed by atoms with E-state index < -0.39 is 49.2 Å². The van der Waals surface area contributed by atoms with Gasteiger partial charge in [0.15, 0.2) is 17.3 Å². The maximum atomic E-state index is 10.3. The number of aliphatic hydroxyl groups is 5. The molecule has 0 bridgehead atoms.